The van der Waals surface area contributed by atoms with Crippen molar-refractivity contribution >= 4 is 11.9 Å². The molecule has 1 aliphatic rings. The molecule has 1 aromatic rings. The van der Waals surface area contributed by atoms with Crippen molar-refractivity contribution in [3.63, 3.8) is 0 Å². The second-order valence-corrected chi connectivity index (χ2v) is 7.52. The second kappa shape index (κ2) is 11.6. The van der Waals surface area contributed by atoms with Crippen LogP contribution in [0.1, 0.15) is 26.7 Å². The first-order valence-corrected chi connectivity index (χ1v) is 10.3. The molecule has 7 nitrogen and oxygen atoms in total. The van der Waals surface area contributed by atoms with Crippen LogP contribution in [0.2, 0.25) is 0 Å². The van der Waals surface area contributed by atoms with Crippen LogP contribution >= 0.6 is 0 Å². The van der Waals surface area contributed by atoms with Crippen molar-refractivity contribution in [1.29, 1.82) is 0 Å². The molecule has 1 saturated heterocycles. The van der Waals surface area contributed by atoms with Gasteiger partial charge >= 0.3 is 0 Å². The molecule has 1 aliphatic heterocycles. The lowest BCUT2D eigenvalue weighted by atomic mass is 10.2. The molecule has 2 atom stereocenters. The average Bonchev–Trinajstić information content (AvgIpc) is 3.16. The number of benzene rings is 1. The highest BCUT2D eigenvalue weighted by Gasteiger charge is 2.23. The van der Waals surface area contributed by atoms with Gasteiger partial charge in [0.25, 0.3) is 0 Å². The lowest BCUT2D eigenvalue weighted by molar-refractivity contribution is -0.127. The maximum absolute atomic E-state index is 13.0. The van der Waals surface area contributed by atoms with Crippen LogP contribution in [0.15, 0.2) is 29.3 Å². The Labute approximate surface area is 173 Å². The largest absolute Gasteiger partial charge is 0.489 e. The predicted molar refractivity (Wildman–Crippen MR) is 114 cm³/mol. The number of nitrogens with one attached hydrogen (secondary N) is 2. The zero-order chi connectivity index (χ0) is 21.2. The maximum Gasteiger partial charge on any atom is 0.243 e. The SMILES string of the molecule is CCN1CCCC1CNC(=NCC(=O)N(C)C)NCC(C)Oc1ccc(F)cc1. The van der Waals surface area contributed by atoms with Crippen LogP contribution in [0, 0.1) is 5.82 Å². The number of carbonyl (C=O) groups is 1. The molecule has 0 spiro atoms. The minimum atomic E-state index is -0.291. The molecular weight excluding hydrogens is 373 g/mol. The van der Waals surface area contributed by atoms with E-state index in [0.717, 1.165) is 26.1 Å². The van der Waals surface area contributed by atoms with Gasteiger partial charge < -0.3 is 20.3 Å². The maximum atomic E-state index is 13.0. The summed E-state index contributed by atoms with van der Waals surface area (Å²) >= 11 is 0. The predicted octanol–water partition coefficient (Wildman–Crippen LogP) is 1.70. The van der Waals surface area contributed by atoms with E-state index in [-0.39, 0.29) is 24.4 Å². The zero-order valence-electron chi connectivity index (χ0n) is 17.9. The molecule has 1 fully saturated rings. The standard InChI is InChI=1S/C21H34FN5O2/c1-5-27-12-6-7-18(27)14-24-21(25-15-20(28)26(3)4)23-13-16(2)29-19-10-8-17(22)9-11-19/h8-11,16,18H,5-7,12-15H2,1-4H3,(H2,23,24,25). The Hall–Kier alpha value is -2.35. The Morgan fingerprint density at radius 1 is 1.34 bits per heavy atom. The van der Waals surface area contributed by atoms with Gasteiger partial charge in [-0.3, -0.25) is 9.69 Å². The number of nitrogens with zero attached hydrogens (tertiary/aromatic N) is 3. The molecule has 0 saturated carbocycles. The number of likely N-dealkylation sites (N-methyl/N-ethyl adjacent to an activating group) is 2. The fraction of sp³-hybridized carbons (Fsp3) is 0.619. The number of aliphatic imine (C=N–C) groups is 1. The molecule has 0 bridgehead atoms. The highest BCUT2D eigenvalue weighted by molar-refractivity contribution is 5.84. The summed E-state index contributed by atoms with van der Waals surface area (Å²) < 4.78 is 18.8. The summed E-state index contributed by atoms with van der Waals surface area (Å²) in [4.78, 5) is 20.3. The first-order chi connectivity index (χ1) is 13.9. The first-order valence-electron chi connectivity index (χ1n) is 10.3. The van der Waals surface area contributed by atoms with E-state index in [4.69, 9.17) is 4.74 Å². The van der Waals surface area contributed by atoms with Crippen LogP contribution < -0.4 is 15.4 Å². The topological polar surface area (TPSA) is 69.2 Å². The number of likely N-dealkylation sites (tertiary alicyclic amines) is 1. The summed E-state index contributed by atoms with van der Waals surface area (Å²) in [5, 5.41) is 6.62. The third-order valence-electron chi connectivity index (χ3n) is 4.99. The van der Waals surface area contributed by atoms with Gasteiger partial charge in [-0.15, -0.1) is 0 Å². The molecule has 8 heteroatoms. The van der Waals surface area contributed by atoms with Gasteiger partial charge in [-0.25, -0.2) is 9.38 Å². The fourth-order valence-electron chi connectivity index (χ4n) is 3.25. The van der Waals surface area contributed by atoms with Crippen molar-refractivity contribution in [1.82, 2.24) is 20.4 Å². The van der Waals surface area contributed by atoms with Crippen molar-refractivity contribution in [3.8, 4) is 5.75 Å². The molecule has 2 N–H and O–H groups in total. The Morgan fingerprint density at radius 2 is 2.07 bits per heavy atom. The summed E-state index contributed by atoms with van der Waals surface area (Å²) in [6.45, 7) is 7.63. The summed E-state index contributed by atoms with van der Waals surface area (Å²) in [6, 6.07) is 6.43. The Morgan fingerprint density at radius 3 is 2.72 bits per heavy atom. The van der Waals surface area contributed by atoms with Crippen molar-refractivity contribution in [3.05, 3.63) is 30.1 Å². The molecule has 29 heavy (non-hydrogen) atoms. The molecule has 1 aromatic carbocycles. The van der Waals surface area contributed by atoms with Crippen molar-refractivity contribution in [2.45, 2.75) is 38.8 Å². The van der Waals surface area contributed by atoms with E-state index in [2.05, 4.69) is 27.4 Å². The van der Waals surface area contributed by atoms with E-state index in [1.54, 1.807) is 26.2 Å². The summed E-state index contributed by atoms with van der Waals surface area (Å²) in [5.41, 5.74) is 0. The van der Waals surface area contributed by atoms with Crippen molar-refractivity contribution < 1.29 is 13.9 Å². The molecule has 0 aromatic heterocycles. The molecular formula is C21H34FN5O2. The zero-order valence-corrected chi connectivity index (χ0v) is 17.9. The van der Waals surface area contributed by atoms with Crippen molar-refractivity contribution in [2.75, 3.05) is 46.8 Å². The normalized spacial score (nSPS) is 18.4. The monoisotopic (exact) mass is 407 g/mol. The van der Waals surface area contributed by atoms with Gasteiger partial charge in [0, 0.05) is 26.7 Å². The van der Waals surface area contributed by atoms with Crippen LogP contribution in [-0.2, 0) is 4.79 Å². The van der Waals surface area contributed by atoms with Gasteiger partial charge in [0.05, 0.1) is 6.54 Å². The fourth-order valence-corrected chi connectivity index (χ4v) is 3.25. The number of hydrogen-bond donors (Lipinski definition) is 2. The van der Waals surface area contributed by atoms with E-state index in [1.807, 2.05) is 6.92 Å². The summed E-state index contributed by atoms with van der Waals surface area (Å²) in [6.07, 6.45) is 2.21. The highest BCUT2D eigenvalue weighted by Crippen LogP contribution is 2.15. The van der Waals surface area contributed by atoms with Crippen LogP contribution in [0.25, 0.3) is 0 Å². The number of amides is 1. The third-order valence-corrected chi connectivity index (χ3v) is 4.99. The number of halogens is 1. The van der Waals surface area contributed by atoms with Gasteiger partial charge in [0.1, 0.15) is 24.2 Å². The molecule has 2 unspecified atom stereocenters. The van der Waals surface area contributed by atoms with Crippen LogP contribution in [0.4, 0.5) is 4.39 Å². The van der Waals surface area contributed by atoms with E-state index < -0.39 is 0 Å². The lowest BCUT2D eigenvalue weighted by Gasteiger charge is -2.24. The van der Waals surface area contributed by atoms with Gasteiger partial charge in [-0.1, -0.05) is 6.92 Å². The molecule has 1 amide bonds. The van der Waals surface area contributed by atoms with Crippen molar-refractivity contribution in [2.24, 2.45) is 4.99 Å². The number of hydrogen-bond acceptors (Lipinski definition) is 4. The molecule has 0 aliphatic carbocycles. The van der Waals surface area contributed by atoms with E-state index in [9.17, 15) is 9.18 Å². The average molecular weight is 408 g/mol. The smallest absolute Gasteiger partial charge is 0.243 e. The van der Waals surface area contributed by atoms with Gasteiger partial charge in [0.2, 0.25) is 5.91 Å². The minimum Gasteiger partial charge on any atom is -0.489 e. The number of rotatable bonds is 9. The number of guanidine groups is 1. The second-order valence-electron chi connectivity index (χ2n) is 7.52. The van der Waals surface area contributed by atoms with Crippen LogP contribution in [-0.4, -0.2) is 80.6 Å². The summed E-state index contributed by atoms with van der Waals surface area (Å²) in [7, 11) is 3.43. The van der Waals surface area contributed by atoms with Crippen LogP contribution in [0.5, 0.6) is 5.75 Å². The van der Waals surface area contributed by atoms with E-state index in [1.165, 1.54) is 23.5 Å². The Kier molecular flexibility index (Phi) is 9.18. The molecule has 162 valence electrons. The van der Waals surface area contributed by atoms with Gasteiger partial charge in [0.15, 0.2) is 5.96 Å². The quantitative estimate of drug-likeness (QED) is 0.482. The minimum absolute atomic E-state index is 0.0576. The van der Waals surface area contributed by atoms with Gasteiger partial charge in [-0.2, -0.15) is 0 Å². The van der Waals surface area contributed by atoms with Gasteiger partial charge in [-0.05, 0) is 57.1 Å². The third kappa shape index (κ3) is 7.89. The number of ether oxygens (including phenoxy) is 1. The lowest BCUT2D eigenvalue weighted by Crippen LogP contribution is -2.47. The van der Waals surface area contributed by atoms with Crippen LogP contribution in [0.3, 0.4) is 0 Å². The summed E-state index contributed by atoms with van der Waals surface area (Å²) in [5.74, 6) is 0.857. The first kappa shape index (κ1) is 22.9. The Bertz CT molecular complexity index is 666. The molecule has 1 heterocycles. The molecule has 2 rings (SSSR count). The van der Waals surface area contributed by atoms with E-state index >= 15 is 0 Å². The highest BCUT2D eigenvalue weighted by atomic mass is 19.1. The Balaban J connectivity index is 1.90. The van der Waals surface area contributed by atoms with E-state index in [0.29, 0.717) is 24.3 Å². The number of carbonyl (C=O) groups excluding carboxylic acids is 1. The molecule has 0 radical (unpaired) electrons.